The molecule has 0 aliphatic rings. The predicted octanol–water partition coefficient (Wildman–Crippen LogP) is 2.22. The van der Waals surface area contributed by atoms with Gasteiger partial charge >= 0.3 is 0 Å². The Morgan fingerprint density at radius 2 is 1.90 bits per heavy atom. The quantitative estimate of drug-likeness (QED) is 0.615. The van der Waals surface area contributed by atoms with Crippen molar-refractivity contribution in [3.8, 4) is 0 Å². The van der Waals surface area contributed by atoms with Gasteiger partial charge in [-0.1, -0.05) is 26.0 Å². The number of aromatic nitrogens is 4. The van der Waals surface area contributed by atoms with Crippen LogP contribution in [-0.2, 0) is 11.3 Å². The molecule has 8 heteroatoms. The highest BCUT2D eigenvalue weighted by Gasteiger charge is 2.30. The maximum atomic E-state index is 13.7. The van der Waals surface area contributed by atoms with Crippen molar-refractivity contribution in [2.24, 2.45) is 5.92 Å². The zero-order valence-electron chi connectivity index (χ0n) is 18.3. The Labute approximate surface area is 176 Å². The summed E-state index contributed by atoms with van der Waals surface area (Å²) in [6, 6.07) is 6.57. The standard InChI is InChI=1S/C22H30N6O2/c1-15(2)20(28-14-25-18-9-7-6-8-17(18)21(28)29)22(30)27(11-10-26(4)5)12-19-16(3)23-13-24-19/h6-9,13-15,20H,10-12H2,1-5H3,(H,23,24). The average molecular weight is 411 g/mol. The van der Waals surface area contributed by atoms with Gasteiger partial charge in [0.15, 0.2) is 0 Å². The van der Waals surface area contributed by atoms with Gasteiger partial charge in [-0.05, 0) is 39.1 Å². The van der Waals surface area contributed by atoms with Crippen molar-refractivity contribution in [1.82, 2.24) is 29.3 Å². The number of likely N-dealkylation sites (N-methyl/N-ethyl adjacent to an activating group) is 1. The van der Waals surface area contributed by atoms with E-state index >= 15 is 0 Å². The monoisotopic (exact) mass is 410 g/mol. The molecule has 0 bridgehead atoms. The number of hydrogen-bond donors (Lipinski definition) is 1. The average Bonchev–Trinajstić information content (AvgIpc) is 3.11. The fourth-order valence-electron chi connectivity index (χ4n) is 3.51. The number of amides is 1. The Morgan fingerprint density at radius 3 is 2.53 bits per heavy atom. The van der Waals surface area contributed by atoms with Crippen LogP contribution in [0.15, 0.2) is 41.7 Å². The minimum atomic E-state index is -0.643. The van der Waals surface area contributed by atoms with Crippen molar-refractivity contribution in [2.45, 2.75) is 33.4 Å². The Morgan fingerprint density at radius 1 is 1.17 bits per heavy atom. The smallest absolute Gasteiger partial charge is 0.261 e. The topological polar surface area (TPSA) is 87.1 Å². The number of para-hydroxylation sites is 1. The highest BCUT2D eigenvalue weighted by molar-refractivity contribution is 5.82. The van der Waals surface area contributed by atoms with Crippen LogP contribution in [0.3, 0.4) is 0 Å². The summed E-state index contributed by atoms with van der Waals surface area (Å²) in [5.74, 6) is -0.186. The van der Waals surface area contributed by atoms with Gasteiger partial charge in [0.25, 0.3) is 5.56 Å². The summed E-state index contributed by atoms with van der Waals surface area (Å²) in [4.78, 5) is 42.5. The van der Waals surface area contributed by atoms with Crippen LogP contribution >= 0.6 is 0 Å². The number of nitrogens with one attached hydrogen (secondary N) is 1. The number of carbonyl (C=O) groups excluding carboxylic acids is 1. The second-order valence-corrected chi connectivity index (χ2v) is 8.20. The number of imidazole rings is 1. The number of nitrogens with zero attached hydrogens (tertiary/aromatic N) is 5. The second-order valence-electron chi connectivity index (χ2n) is 8.20. The molecule has 3 rings (SSSR count). The van der Waals surface area contributed by atoms with Crippen molar-refractivity contribution in [3.63, 3.8) is 0 Å². The summed E-state index contributed by atoms with van der Waals surface area (Å²) in [5, 5.41) is 0.515. The van der Waals surface area contributed by atoms with Crippen molar-refractivity contribution in [3.05, 3.63) is 58.7 Å². The van der Waals surface area contributed by atoms with E-state index in [0.717, 1.165) is 11.4 Å². The van der Waals surface area contributed by atoms with Crippen molar-refractivity contribution < 1.29 is 4.79 Å². The van der Waals surface area contributed by atoms with Crippen LogP contribution in [0.5, 0.6) is 0 Å². The molecule has 1 N–H and O–H groups in total. The first-order chi connectivity index (χ1) is 14.3. The first-order valence-corrected chi connectivity index (χ1v) is 10.2. The van der Waals surface area contributed by atoms with Crippen molar-refractivity contribution >= 4 is 16.8 Å². The van der Waals surface area contributed by atoms with Crippen LogP contribution in [0, 0.1) is 12.8 Å². The van der Waals surface area contributed by atoms with Crippen molar-refractivity contribution in [2.75, 3.05) is 27.2 Å². The fourth-order valence-corrected chi connectivity index (χ4v) is 3.51. The van der Waals surface area contributed by atoms with Crippen LogP contribution in [0.2, 0.25) is 0 Å². The third kappa shape index (κ3) is 4.59. The van der Waals surface area contributed by atoms with Crippen LogP contribution in [0.1, 0.15) is 31.3 Å². The molecule has 0 spiro atoms. The Hall–Kier alpha value is -3.00. The number of H-pyrrole nitrogens is 1. The van der Waals surface area contributed by atoms with Gasteiger partial charge in [-0.2, -0.15) is 0 Å². The molecule has 1 amide bonds. The molecular weight excluding hydrogens is 380 g/mol. The number of aromatic amines is 1. The fraction of sp³-hybridized carbons (Fsp3) is 0.455. The zero-order chi connectivity index (χ0) is 21.8. The maximum Gasteiger partial charge on any atom is 0.261 e. The molecule has 0 aliphatic heterocycles. The highest BCUT2D eigenvalue weighted by atomic mass is 16.2. The van der Waals surface area contributed by atoms with Gasteiger partial charge in [-0.15, -0.1) is 0 Å². The van der Waals surface area contributed by atoms with Crippen LogP contribution < -0.4 is 5.56 Å². The largest absolute Gasteiger partial charge is 0.348 e. The summed E-state index contributed by atoms with van der Waals surface area (Å²) < 4.78 is 1.48. The van der Waals surface area contributed by atoms with E-state index < -0.39 is 6.04 Å². The predicted molar refractivity (Wildman–Crippen MR) is 117 cm³/mol. The van der Waals surface area contributed by atoms with Gasteiger partial charge < -0.3 is 14.8 Å². The van der Waals surface area contributed by atoms with Gasteiger partial charge in [0.2, 0.25) is 5.91 Å². The third-order valence-corrected chi connectivity index (χ3v) is 5.28. The van der Waals surface area contributed by atoms with Gasteiger partial charge in [0.1, 0.15) is 6.04 Å². The molecule has 0 radical (unpaired) electrons. The van der Waals surface area contributed by atoms with E-state index in [4.69, 9.17) is 0 Å². The van der Waals surface area contributed by atoms with Crippen LogP contribution in [0.25, 0.3) is 10.9 Å². The summed E-state index contributed by atoms with van der Waals surface area (Å²) >= 11 is 0. The van der Waals surface area contributed by atoms with E-state index in [9.17, 15) is 9.59 Å². The second kappa shape index (κ2) is 9.21. The lowest BCUT2D eigenvalue weighted by Gasteiger charge is -2.31. The lowest BCUT2D eigenvalue weighted by atomic mass is 10.0. The number of aryl methyl sites for hydroxylation is 1. The number of carbonyl (C=O) groups is 1. The van der Waals surface area contributed by atoms with Crippen LogP contribution in [0.4, 0.5) is 0 Å². The molecule has 3 aromatic rings. The van der Waals surface area contributed by atoms with E-state index in [1.165, 1.54) is 10.9 Å². The first kappa shape index (κ1) is 21.7. The molecule has 0 saturated carbocycles. The minimum absolute atomic E-state index is 0.0831. The molecule has 8 nitrogen and oxygen atoms in total. The molecule has 1 unspecified atom stereocenters. The number of rotatable bonds is 8. The van der Waals surface area contributed by atoms with Gasteiger partial charge in [0.05, 0.1) is 35.8 Å². The molecule has 160 valence electrons. The summed E-state index contributed by atoms with van der Waals surface area (Å²) in [7, 11) is 3.94. The van der Waals surface area contributed by atoms with E-state index in [1.54, 1.807) is 23.4 Å². The maximum absolute atomic E-state index is 13.7. The first-order valence-electron chi connectivity index (χ1n) is 10.2. The molecule has 0 aliphatic carbocycles. The molecule has 2 heterocycles. The summed E-state index contributed by atoms with van der Waals surface area (Å²) in [6.07, 6.45) is 3.13. The lowest BCUT2D eigenvalue weighted by molar-refractivity contribution is -0.137. The Balaban J connectivity index is 1.99. The Bertz CT molecular complexity index is 1070. The van der Waals surface area contributed by atoms with Gasteiger partial charge in [-0.25, -0.2) is 9.97 Å². The van der Waals surface area contributed by atoms with E-state index in [-0.39, 0.29) is 17.4 Å². The summed E-state index contributed by atoms with van der Waals surface area (Å²) in [5.41, 5.74) is 2.19. The van der Waals surface area contributed by atoms with Gasteiger partial charge in [0, 0.05) is 18.8 Å². The third-order valence-electron chi connectivity index (χ3n) is 5.28. The van der Waals surface area contributed by atoms with E-state index in [2.05, 4.69) is 15.0 Å². The number of fused-ring (bicyclic) bond motifs is 1. The number of benzene rings is 1. The molecule has 1 atom stereocenters. The molecule has 0 fully saturated rings. The Kier molecular flexibility index (Phi) is 6.66. The van der Waals surface area contributed by atoms with Gasteiger partial charge in [-0.3, -0.25) is 14.2 Å². The molecule has 1 aromatic carbocycles. The SMILES string of the molecule is Cc1[nH]cnc1CN(CCN(C)C)C(=O)C(C(C)C)n1cnc2ccccc2c1=O. The molecule has 0 saturated heterocycles. The summed E-state index contributed by atoms with van der Waals surface area (Å²) in [6.45, 7) is 7.49. The molecule has 30 heavy (non-hydrogen) atoms. The normalized spacial score (nSPS) is 12.6. The minimum Gasteiger partial charge on any atom is -0.348 e. The highest BCUT2D eigenvalue weighted by Crippen LogP contribution is 2.21. The molecular formula is C22H30N6O2. The molecule has 2 aromatic heterocycles. The van der Waals surface area contributed by atoms with Crippen molar-refractivity contribution in [1.29, 1.82) is 0 Å². The van der Waals surface area contributed by atoms with E-state index in [1.807, 2.05) is 51.9 Å². The zero-order valence-corrected chi connectivity index (χ0v) is 18.3. The number of hydrogen-bond acceptors (Lipinski definition) is 5. The van der Waals surface area contributed by atoms with E-state index in [0.29, 0.717) is 30.5 Å². The van der Waals surface area contributed by atoms with Crippen LogP contribution in [-0.4, -0.2) is 62.4 Å². The lowest BCUT2D eigenvalue weighted by Crippen LogP contribution is -2.44.